The molecule has 0 radical (unpaired) electrons. The topological polar surface area (TPSA) is 52.6 Å². The maximum atomic E-state index is 12.5. The normalized spacial score (nSPS) is 14.6. The number of esters is 1. The predicted molar refractivity (Wildman–Crippen MR) is 89.6 cm³/mol. The van der Waals surface area contributed by atoms with Crippen LogP contribution in [0.5, 0.6) is 11.5 Å². The number of carbonyl (C=O) groups excluding carboxylic acids is 2. The van der Waals surface area contributed by atoms with Gasteiger partial charge in [-0.2, -0.15) is 0 Å². The lowest BCUT2D eigenvalue weighted by Gasteiger charge is -2.05. The van der Waals surface area contributed by atoms with Crippen LogP contribution in [0.3, 0.4) is 0 Å². The molecule has 0 N–H and O–H groups in total. The number of halogens is 1. The lowest BCUT2D eigenvalue weighted by molar-refractivity contribution is -0.131. The number of allylic oxidation sites excluding steroid dienone is 1. The third-order valence-electron chi connectivity index (χ3n) is 3.37. The largest absolute Gasteiger partial charge is 0.452 e. The number of aryl methyl sites for hydroxylation is 1. The Morgan fingerprint density at radius 2 is 1.91 bits per heavy atom. The molecule has 0 saturated heterocycles. The Balaban J connectivity index is 1.96. The molecule has 0 atom stereocenters. The van der Waals surface area contributed by atoms with Crippen LogP contribution in [0.25, 0.3) is 6.08 Å². The molecule has 0 bridgehead atoms. The molecule has 0 unspecified atom stereocenters. The smallest absolute Gasteiger partial charge is 0.308 e. The summed E-state index contributed by atoms with van der Waals surface area (Å²) in [5, 5.41) is 0. The van der Waals surface area contributed by atoms with Crippen molar-refractivity contribution in [2.24, 2.45) is 0 Å². The van der Waals surface area contributed by atoms with E-state index in [2.05, 4.69) is 15.9 Å². The van der Waals surface area contributed by atoms with Crippen molar-refractivity contribution in [3.63, 3.8) is 0 Å². The van der Waals surface area contributed by atoms with Gasteiger partial charge in [0.2, 0.25) is 5.78 Å². The molecule has 1 heterocycles. The van der Waals surface area contributed by atoms with Gasteiger partial charge in [0.25, 0.3) is 0 Å². The quantitative estimate of drug-likeness (QED) is 0.448. The SMILES string of the molecule is CC(=O)Oc1cc(C)c2c(c1)O/C(=C\c1ccc(Br)cc1)C2=O. The minimum atomic E-state index is -0.417. The van der Waals surface area contributed by atoms with Gasteiger partial charge >= 0.3 is 5.97 Å². The molecule has 2 aromatic carbocycles. The highest BCUT2D eigenvalue weighted by Crippen LogP contribution is 2.37. The zero-order valence-corrected chi connectivity index (χ0v) is 14.1. The molecule has 5 heteroatoms. The van der Waals surface area contributed by atoms with E-state index in [1.807, 2.05) is 24.3 Å². The number of hydrogen-bond donors (Lipinski definition) is 0. The van der Waals surface area contributed by atoms with Crippen LogP contribution in [0.1, 0.15) is 28.4 Å². The number of fused-ring (bicyclic) bond motifs is 1. The van der Waals surface area contributed by atoms with E-state index >= 15 is 0 Å². The van der Waals surface area contributed by atoms with Crippen molar-refractivity contribution in [2.75, 3.05) is 0 Å². The number of benzene rings is 2. The van der Waals surface area contributed by atoms with Gasteiger partial charge in [0, 0.05) is 17.5 Å². The highest BCUT2D eigenvalue weighted by molar-refractivity contribution is 9.10. The van der Waals surface area contributed by atoms with Gasteiger partial charge in [0.05, 0.1) is 5.56 Å². The first kappa shape index (κ1) is 15.5. The summed E-state index contributed by atoms with van der Waals surface area (Å²) in [6.45, 7) is 3.11. The lowest BCUT2D eigenvalue weighted by atomic mass is 10.0. The minimum Gasteiger partial charge on any atom is -0.452 e. The number of Topliss-reactive ketones (excluding diaryl/α,β-unsaturated/α-hetero) is 1. The molecular weight excluding hydrogens is 360 g/mol. The van der Waals surface area contributed by atoms with E-state index in [0.717, 1.165) is 10.0 Å². The number of ether oxygens (including phenoxy) is 2. The van der Waals surface area contributed by atoms with E-state index < -0.39 is 5.97 Å². The van der Waals surface area contributed by atoms with Crippen LogP contribution < -0.4 is 9.47 Å². The van der Waals surface area contributed by atoms with E-state index in [1.54, 1.807) is 25.1 Å². The molecule has 0 amide bonds. The number of ketones is 1. The first-order chi connectivity index (χ1) is 10.9. The number of hydrogen-bond acceptors (Lipinski definition) is 4. The second kappa shape index (κ2) is 6.01. The third kappa shape index (κ3) is 3.19. The van der Waals surface area contributed by atoms with Crippen molar-refractivity contribution in [3.8, 4) is 11.5 Å². The summed E-state index contributed by atoms with van der Waals surface area (Å²) in [4.78, 5) is 23.6. The Bertz CT molecular complexity index is 835. The molecule has 0 aliphatic carbocycles. The summed E-state index contributed by atoms with van der Waals surface area (Å²) < 4.78 is 11.7. The summed E-state index contributed by atoms with van der Waals surface area (Å²) in [5.74, 6) is 0.445. The lowest BCUT2D eigenvalue weighted by Crippen LogP contribution is -2.02. The van der Waals surface area contributed by atoms with Crippen LogP contribution in [-0.2, 0) is 4.79 Å². The molecular formula is C18H13BrO4. The Hall–Kier alpha value is -2.40. The fourth-order valence-corrected chi connectivity index (χ4v) is 2.68. The third-order valence-corrected chi connectivity index (χ3v) is 3.90. The van der Waals surface area contributed by atoms with Crippen LogP contribution in [0.2, 0.25) is 0 Å². The van der Waals surface area contributed by atoms with E-state index in [1.165, 1.54) is 6.92 Å². The van der Waals surface area contributed by atoms with Gasteiger partial charge in [-0.25, -0.2) is 0 Å². The second-order valence-corrected chi connectivity index (χ2v) is 6.11. The molecule has 0 spiro atoms. The average molecular weight is 373 g/mol. The van der Waals surface area contributed by atoms with Crippen LogP contribution in [-0.4, -0.2) is 11.8 Å². The summed E-state index contributed by atoms with van der Waals surface area (Å²) >= 11 is 3.37. The van der Waals surface area contributed by atoms with Gasteiger partial charge in [-0.3, -0.25) is 9.59 Å². The molecule has 116 valence electrons. The standard InChI is InChI=1S/C18H13BrO4/c1-10-7-14(22-11(2)20)9-15-17(10)18(21)16(23-15)8-12-3-5-13(19)6-4-12/h3-9H,1-2H3/b16-8-. The Kier molecular flexibility index (Phi) is 4.05. The van der Waals surface area contributed by atoms with Crippen molar-refractivity contribution in [1.29, 1.82) is 0 Å². The van der Waals surface area contributed by atoms with Gasteiger partial charge in [0.1, 0.15) is 11.5 Å². The van der Waals surface area contributed by atoms with Crippen LogP contribution >= 0.6 is 15.9 Å². The highest BCUT2D eigenvalue weighted by Gasteiger charge is 2.30. The van der Waals surface area contributed by atoms with Crippen molar-refractivity contribution < 1.29 is 19.1 Å². The first-order valence-electron chi connectivity index (χ1n) is 6.97. The van der Waals surface area contributed by atoms with Gasteiger partial charge in [0.15, 0.2) is 5.76 Å². The molecule has 4 nitrogen and oxygen atoms in total. The molecule has 1 aliphatic heterocycles. The van der Waals surface area contributed by atoms with E-state index in [4.69, 9.17) is 9.47 Å². The van der Waals surface area contributed by atoms with Crippen LogP contribution in [0, 0.1) is 6.92 Å². The van der Waals surface area contributed by atoms with Crippen molar-refractivity contribution in [2.45, 2.75) is 13.8 Å². The average Bonchev–Trinajstić information content (AvgIpc) is 2.77. The van der Waals surface area contributed by atoms with Gasteiger partial charge in [-0.1, -0.05) is 28.1 Å². The predicted octanol–water partition coefficient (Wildman–Crippen LogP) is 4.30. The first-order valence-corrected chi connectivity index (χ1v) is 7.76. The Morgan fingerprint density at radius 3 is 2.57 bits per heavy atom. The Labute approximate surface area is 141 Å². The van der Waals surface area contributed by atoms with Crippen molar-refractivity contribution in [3.05, 3.63) is 63.3 Å². The zero-order chi connectivity index (χ0) is 16.6. The van der Waals surface area contributed by atoms with Crippen molar-refractivity contribution >= 4 is 33.8 Å². The molecule has 1 aliphatic rings. The highest BCUT2D eigenvalue weighted by atomic mass is 79.9. The van der Waals surface area contributed by atoms with Gasteiger partial charge < -0.3 is 9.47 Å². The maximum Gasteiger partial charge on any atom is 0.308 e. The van der Waals surface area contributed by atoms with E-state index in [9.17, 15) is 9.59 Å². The molecule has 2 aromatic rings. The molecule has 0 saturated carbocycles. The monoisotopic (exact) mass is 372 g/mol. The molecule has 0 fully saturated rings. The van der Waals surface area contributed by atoms with Crippen LogP contribution in [0.4, 0.5) is 0 Å². The van der Waals surface area contributed by atoms with Gasteiger partial charge in [-0.15, -0.1) is 0 Å². The van der Waals surface area contributed by atoms with Gasteiger partial charge in [-0.05, 0) is 42.3 Å². The van der Waals surface area contributed by atoms with E-state index in [0.29, 0.717) is 22.6 Å². The summed E-state index contributed by atoms with van der Waals surface area (Å²) in [5.41, 5.74) is 2.08. The minimum absolute atomic E-state index is 0.171. The zero-order valence-electron chi connectivity index (χ0n) is 12.6. The van der Waals surface area contributed by atoms with E-state index in [-0.39, 0.29) is 11.5 Å². The number of rotatable bonds is 2. The van der Waals surface area contributed by atoms with Crippen LogP contribution in [0.15, 0.2) is 46.6 Å². The molecule has 0 aromatic heterocycles. The molecule has 3 rings (SSSR count). The summed E-state index contributed by atoms with van der Waals surface area (Å²) in [7, 11) is 0. The second-order valence-electron chi connectivity index (χ2n) is 5.20. The summed E-state index contributed by atoms with van der Waals surface area (Å²) in [6, 6.07) is 10.8. The Morgan fingerprint density at radius 1 is 1.22 bits per heavy atom. The van der Waals surface area contributed by atoms with Crippen molar-refractivity contribution in [1.82, 2.24) is 0 Å². The molecule has 23 heavy (non-hydrogen) atoms. The number of carbonyl (C=O) groups is 2. The fraction of sp³-hybridized carbons (Fsp3) is 0.111. The fourth-order valence-electron chi connectivity index (χ4n) is 2.41. The summed E-state index contributed by atoms with van der Waals surface area (Å²) in [6.07, 6.45) is 1.69. The maximum absolute atomic E-state index is 12.5.